The van der Waals surface area contributed by atoms with Crippen LogP contribution in [-0.4, -0.2) is 34.0 Å². The Morgan fingerprint density at radius 2 is 1.81 bits per heavy atom. The predicted octanol–water partition coefficient (Wildman–Crippen LogP) is 4.34. The van der Waals surface area contributed by atoms with E-state index < -0.39 is 30.0 Å². The molecule has 2 aromatic carbocycles. The third-order valence-electron chi connectivity index (χ3n) is 5.59. The number of imidazole rings is 1. The molecule has 3 aromatic rings. The molecule has 2 amide bonds. The van der Waals surface area contributed by atoms with Crippen LogP contribution in [0.2, 0.25) is 0 Å². The van der Waals surface area contributed by atoms with Crippen LogP contribution in [0.4, 0.5) is 18.9 Å². The van der Waals surface area contributed by atoms with Gasteiger partial charge in [-0.05, 0) is 57.0 Å². The minimum absolute atomic E-state index is 0.0751. The van der Waals surface area contributed by atoms with Crippen LogP contribution in [0, 0.1) is 0 Å². The van der Waals surface area contributed by atoms with Gasteiger partial charge in [0.05, 0.1) is 11.0 Å². The molecule has 1 unspecified atom stereocenters. The molecule has 0 fully saturated rings. The van der Waals surface area contributed by atoms with Crippen LogP contribution in [0.3, 0.4) is 0 Å². The molecule has 4 rings (SSSR count). The lowest BCUT2D eigenvalue weighted by Gasteiger charge is -2.22. The van der Waals surface area contributed by atoms with E-state index in [4.69, 9.17) is 0 Å². The molecule has 9 heteroatoms. The zero-order chi connectivity index (χ0) is 23.2. The Bertz CT molecular complexity index is 1200. The van der Waals surface area contributed by atoms with Crippen LogP contribution in [0.25, 0.3) is 11.0 Å². The number of fused-ring (bicyclic) bond motifs is 2. The molecule has 1 aromatic heterocycles. The highest BCUT2D eigenvalue weighted by atomic mass is 19.4. The van der Waals surface area contributed by atoms with Gasteiger partial charge in [-0.1, -0.05) is 18.2 Å². The van der Waals surface area contributed by atoms with Crippen molar-refractivity contribution in [3.05, 3.63) is 59.4 Å². The third kappa shape index (κ3) is 3.83. The summed E-state index contributed by atoms with van der Waals surface area (Å²) in [6.45, 7) is 5.41. The molecule has 0 bridgehead atoms. The van der Waals surface area contributed by atoms with Crippen LogP contribution in [0.5, 0.6) is 0 Å². The van der Waals surface area contributed by atoms with Crippen LogP contribution in [0.1, 0.15) is 48.6 Å². The molecule has 1 aliphatic heterocycles. The molecule has 0 spiro atoms. The summed E-state index contributed by atoms with van der Waals surface area (Å²) >= 11 is 0. The topological polar surface area (TPSA) is 67.2 Å². The van der Waals surface area contributed by atoms with E-state index in [-0.39, 0.29) is 17.0 Å². The third-order valence-corrected chi connectivity index (χ3v) is 5.59. The van der Waals surface area contributed by atoms with Gasteiger partial charge in [-0.15, -0.1) is 0 Å². The molecule has 2 heterocycles. The number of anilines is 1. The number of hydrogen-bond donors (Lipinski definition) is 1. The first-order chi connectivity index (χ1) is 15.1. The van der Waals surface area contributed by atoms with Crippen molar-refractivity contribution < 1.29 is 22.8 Å². The molecule has 1 atom stereocenters. The molecule has 0 saturated heterocycles. The fourth-order valence-electron chi connectivity index (χ4n) is 4.11. The van der Waals surface area contributed by atoms with Crippen LogP contribution < -0.4 is 10.2 Å². The van der Waals surface area contributed by atoms with Gasteiger partial charge < -0.3 is 14.8 Å². The largest absolute Gasteiger partial charge is 0.449 e. The summed E-state index contributed by atoms with van der Waals surface area (Å²) in [6, 6.07) is 10.6. The van der Waals surface area contributed by atoms with E-state index in [9.17, 15) is 22.8 Å². The van der Waals surface area contributed by atoms with Gasteiger partial charge in [-0.25, -0.2) is 4.98 Å². The summed E-state index contributed by atoms with van der Waals surface area (Å²) in [5.74, 6) is -1.79. The number of carbonyl (C=O) groups is 2. The second-order valence-corrected chi connectivity index (χ2v) is 8.16. The molecule has 0 radical (unpaired) electrons. The molecule has 32 heavy (non-hydrogen) atoms. The zero-order valence-corrected chi connectivity index (χ0v) is 17.9. The lowest BCUT2D eigenvalue weighted by molar-refractivity contribution is -0.147. The Morgan fingerprint density at radius 3 is 2.50 bits per heavy atom. The quantitative estimate of drug-likeness (QED) is 0.651. The van der Waals surface area contributed by atoms with Gasteiger partial charge in [-0.2, -0.15) is 13.2 Å². The van der Waals surface area contributed by atoms with Crippen molar-refractivity contribution in [2.75, 3.05) is 11.4 Å². The number of aromatic nitrogens is 2. The fraction of sp³-hybridized carbons (Fsp3) is 0.348. The van der Waals surface area contributed by atoms with Gasteiger partial charge in [0.15, 0.2) is 0 Å². The first-order valence-electron chi connectivity index (χ1n) is 10.4. The standard InChI is InChI=1S/C23H23F3N4O2/c1-13(2)30-19-9-8-16(12-17(19)28-22(30)23(24,25)26)20(31)27-14(3)21(32)29-11-10-15-6-4-5-7-18(15)29/h4-9,12-14H,10-11H2,1-3H3,(H,27,31). The molecule has 168 valence electrons. The maximum absolute atomic E-state index is 13.4. The van der Waals surface area contributed by atoms with Gasteiger partial charge >= 0.3 is 6.18 Å². The number of hydrogen-bond acceptors (Lipinski definition) is 3. The summed E-state index contributed by atoms with van der Waals surface area (Å²) < 4.78 is 41.4. The Kier molecular flexibility index (Phi) is 5.44. The first-order valence-corrected chi connectivity index (χ1v) is 10.4. The van der Waals surface area contributed by atoms with E-state index in [1.807, 2.05) is 24.3 Å². The maximum atomic E-state index is 13.4. The van der Waals surface area contributed by atoms with Crippen LogP contribution in [-0.2, 0) is 17.4 Å². The lowest BCUT2D eigenvalue weighted by atomic mass is 10.1. The highest BCUT2D eigenvalue weighted by molar-refractivity contribution is 6.04. The molecule has 1 aliphatic rings. The number of benzene rings is 2. The Labute approximate surface area is 183 Å². The molecule has 0 saturated carbocycles. The van der Waals surface area contributed by atoms with Gasteiger partial charge in [0.25, 0.3) is 5.91 Å². The molecule has 0 aliphatic carbocycles. The van der Waals surface area contributed by atoms with Crippen molar-refractivity contribution in [3.8, 4) is 0 Å². The number of para-hydroxylation sites is 1. The number of nitrogens with one attached hydrogen (secondary N) is 1. The van der Waals surface area contributed by atoms with Crippen molar-refractivity contribution in [2.45, 2.75) is 45.5 Å². The van der Waals surface area contributed by atoms with E-state index in [0.717, 1.165) is 22.2 Å². The number of amides is 2. The van der Waals surface area contributed by atoms with Crippen LogP contribution >= 0.6 is 0 Å². The van der Waals surface area contributed by atoms with E-state index in [1.165, 1.54) is 18.2 Å². The highest BCUT2D eigenvalue weighted by Gasteiger charge is 2.38. The maximum Gasteiger partial charge on any atom is 0.449 e. The van der Waals surface area contributed by atoms with Crippen molar-refractivity contribution >= 4 is 28.5 Å². The second-order valence-electron chi connectivity index (χ2n) is 8.16. The molecule has 6 nitrogen and oxygen atoms in total. The van der Waals surface area contributed by atoms with E-state index in [2.05, 4.69) is 10.3 Å². The fourth-order valence-corrected chi connectivity index (χ4v) is 4.11. The summed E-state index contributed by atoms with van der Waals surface area (Å²) in [7, 11) is 0. The lowest BCUT2D eigenvalue weighted by Crippen LogP contribution is -2.46. The second kappa shape index (κ2) is 7.96. The van der Waals surface area contributed by atoms with Gasteiger partial charge in [0.2, 0.25) is 11.7 Å². The highest BCUT2D eigenvalue weighted by Crippen LogP contribution is 2.34. The number of rotatable bonds is 4. The Hall–Kier alpha value is -3.36. The van der Waals surface area contributed by atoms with Crippen molar-refractivity contribution in [3.63, 3.8) is 0 Å². The normalized spacial score (nSPS) is 14.7. The van der Waals surface area contributed by atoms with Gasteiger partial charge in [0.1, 0.15) is 6.04 Å². The predicted molar refractivity (Wildman–Crippen MR) is 115 cm³/mol. The van der Waals surface area contributed by atoms with E-state index in [0.29, 0.717) is 12.1 Å². The van der Waals surface area contributed by atoms with Crippen LogP contribution in [0.15, 0.2) is 42.5 Å². The minimum atomic E-state index is -4.61. The SMILES string of the molecule is CC(NC(=O)c1ccc2c(c1)nc(C(F)(F)F)n2C(C)C)C(=O)N1CCc2ccccc21. The van der Waals surface area contributed by atoms with Crippen molar-refractivity contribution in [1.82, 2.24) is 14.9 Å². The smallest absolute Gasteiger partial charge is 0.341 e. The minimum Gasteiger partial charge on any atom is -0.341 e. The van der Waals surface area contributed by atoms with Gasteiger partial charge in [0, 0.05) is 23.8 Å². The first kappa shape index (κ1) is 21.9. The van der Waals surface area contributed by atoms with Gasteiger partial charge in [-0.3, -0.25) is 9.59 Å². The summed E-state index contributed by atoms with van der Waals surface area (Å²) in [4.78, 5) is 31.0. The monoisotopic (exact) mass is 444 g/mol. The number of alkyl halides is 3. The van der Waals surface area contributed by atoms with E-state index >= 15 is 0 Å². The molecule has 1 N–H and O–H groups in total. The Morgan fingerprint density at radius 1 is 1.09 bits per heavy atom. The summed E-state index contributed by atoms with van der Waals surface area (Å²) in [5.41, 5.74) is 2.42. The molecular formula is C23H23F3N4O2. The number of carbonyl (C=O) groups excluding carboxylic acids is 2. The summed E-state index contributed by atoms with van der Waals surface area (Å²) in [6.07, 6.45) is -3.86. The number of nitrogens with zero attached hydrogens (tertiary/aromatic N) is 3. The van der Waals surface area contributed by atoms with E-state index in [1.54, 1.807) is 25.7 Å². The molecular weight excluding hydrogens is 421 g/mol. The Balaban J connectivity index is 1.56. The number of halogens is 3. The zero-order valence-electron chi connectivity index (χ0n) is 17.9. The summed E-state index contributed by atoms with van der Waals surface area (Å²) in [5, 5.41) is 2.66. The van der Waals surface area contributed by atoms with Crippen molar-refractivity contribution in [2.24, 2.45) is 0 Å². The average Bonchev–Trinajstić information content (AvgIpc) is 3.34. The average molecular weight is 444 g/mol. The van der Waals surface area contributed by atoms with Crippen molar-refractivity contribution in [1.29, 1.82) is 0 Å².